The lowest BCUT2D eigenvalue weighted by molar-refractivity contribution is 0.0940. The van der Waals surface area contributed by atoms with Crippen molar-refractivity contribution in [3.05, 3.63) is 29.3 Å². The van der Waals surface area contributed by atoms with Crippen molar-refractivity contribution in [1.29, 1.82) is 0 Å². The molecule has 2 rings (SSSR count). The molecule has 0 aromatic carbocycles. The first-order valence-corrected chi connectivity index (χ1v) is 6.12. The van der Waals surface area contributed by atoms with Crippen molar-refractivity contribution in [3.63, 3.8) is 0 Å². The third-order valence-electron chi connectivity index (χ3n) is 3.04. The molecule has 2 aromatic heterocycles. The van der Waals surface area contributed by atoms with Gasteiger partial charge in [-0.05, 0) is 19.9 Å². The number of nitrogen functional groups attached to an aromatic ring is 1. The average Bonchev–Trinajstić information content (AvgIpc) is 2.91. The second-order valence-electron chi connectivity index (χ2n) is 4.29. The van der Waals surface area contributed by atoms with Crippen LogP contribution < -0.4 is 11.1 Å². The van der Waals surface area contributed by atoms with Gasteiger partial charge >= 0.3 is 0 Å². The van der Waals surface area contributed by atoms with E-state index in [1.54, 1.807) is 22.5 Å². The minimum absolute atomic E-state index is 0.221. The van der Waals surface area contributed by atoms with E-state index in [2.05, 4.69) is 15.5 Å². The first kappa shape index (κ1) is 13.1. The lowest BCUT2D eigenvalue weighted by atomic mass is 10.3. The lowest BCUT2D eigenvalue weighted by Crippen LogP contribution is -2.27. The molecule has 19 heavy (non-hydrogen) atoms. The maximum absolute atomic E-state index is 12.2. The molecule has 7 nitrogen and oxygen atoms in total. The van der Waals surface area contributed by atoms with E-state index in [1.165, 1.54) is 0 Å². The van der Waals surface area contributed by atoms with Crippen molar-refractivity contribution in [2.75, 3.05) is 5.73 Å². The molecule has 2 heterocycles. The number of carbonyl (C=O) groups excluding carboxylic acids is 1. The highest BCUT2D eigenvalue weighted by atomic mass is 16.2. The Morgan fingerprint density at radius 3 is 2.84 bits per heavy atom. The Hall–Kier alpha value is -2.31. The highest BCUT2D eigenvalue weighted by molar-refractivity contribution is 5.97. The first-order valence-electron chi connectivity index (χ1n) is 6.12. The molecule has 2 aromatic rings. The summed E-state index contributed by atoms with van der Waals surface area (Å²) in [7, 11) is 1.83. The first-order chi connectivity index (χ1) is 9.04. The van der Waals surface area contributed by atoms with E-state index in [4.69, 9.17) is 5.73 Å². The molecule has 0 aliphatic carbocycles. The molecule has 3 N–H and O–H groups in total. The molecule has 0 spiro atoms. The van der Waals surface area contributed by atoms with Crippen LogP contribution in [0.4, 0.5) is 5.69 Å². The summed E-state index contributed by atoms with van der Waals surface area (Å²) in [6, 6.07) is 1.85. The van der Waals surface area contributed by atoms with E-state index in [0.717, 1.165) is 5.69 Å². The normalized spacial score (nSPS) is 10.7. The fourth-order valence-corrected chi connectivity index (χ4v) is 1.89. The van der Waals surface area contributed by atoms with Crippen LogP contribution in [-0.4, -0.2) is 25.5 Å². The van der Waals surface area contributed by atoms with Crippen LogP contribution in [0, 0.1) is 6.92 Å². The van der Waals surface area contributed by atoms with Crippen molar-refractivity contribution in [2.45, 2.75) is 26.9 Å². The van der Waals surface area contributed by atoms with Crippen LogP contribution in [0.3, 0.4) is 0 Å². The molecule has 0 aliphatic heterocycles. The number of nitrogens with one attached hydrogen (secondary N) is 1. The molecular formula is C12H18N6O. The average molecular weight is 262 g/mol. The molecule has 0 saturated carbocycles. The van der Waals surface area contributed by atoms with Crippen molar-refractivity contribution < 1.29 is 4.79 Å². The van der Waals surface area contributed by atoms with Gasteiger partial charge in [0.1, 0.15) is 5.69 Å². The zero-order valence-corrected chi connectivity index (χ0v) is 11.3. The van der Waals surface area contributed by atoms with Gasteiger partial charge in [0.2, 0.25) is 0 Å². The van der Waals surface area contributed by atoms with E-state index in [9.17, 15) is 4.79 Å². The summed E-state index contributed by atoms with van der Waals surface area (Å²) in [4.78, 5) is 12.2. The van der Waals surface area contributed by atoms with Gasteiger partial charge in [0.15, 0.2) is 0 Å². The minimum atomic E-state index is -0.221. The molecule has 0 bridgehead atoms. The topological polar surface area (TPSA) is 90.8 Å². The Kier molecular flexibility index (Phi) is 3.55. The van der Waals surface area contributed by atoms with E-state index in [0.29, 0.717) is 30.2 Å². The van der Waals surface area contributed by atoms with Crippen LogP contribution in [0.25, 0.3) is 0 Å². The van der Waals surface area contributed by atoms with Crippen molar-refractivity contribution in [2.24, 2.45) is 7.05 Å². The predicted octanol–water partition coefficient (Wildman–Crippen LogP) is 0.457. The number of hydrogen-bond donors (Lipinski definition) is 2. The van der Waals surface area contributed by atoms with Crippen LogP contribution >= 0.6 is 0 Å². The van der Waals surface area contributed by atoms with Crippen molar-refractivity contribution in [3.8, 4) is 0 Å². The predicted molar refractivity (Wildman–Crippen MR) is 71.4 cm³/mol. The molecule has 0 atom stereocenters. The van der Waals surface area contributed by atoms with Crippen LogP contribution in [0.1, 0.15) is 28.8 Å². The van der Waals surface area contributed by atoms with Crippen LogP contribution in [0.2, 0.25) is 0 Å². The van der Waals surface area contributed by atoms with Gasteiger partial charge in [-0.15, -0.1) is 0 Å². The van der Waals surface area contributed by atoms with E-state index < -0.39 is 0 Å². The summed E-state index contributed by atoms with van der Waals surface area (Å²) in [6.45, 7) is 4.72. The highest BCUT2D eigenvalue weighted by Gasteiger charge is 2.18. The summed E-state index contributed by atoms with van der Waals surface area (Å²) in [5.74, 6) is -0.221. The number of rotatable bonds is 4. The summed E-state index contributed by atoms with van der Waals surface area (Å²) in [5.41, 5.74) is 8.35. The monoisotopic (exact) mass is 262 g/mol. The SMILES string of the molecule is CCn1nc(C)c(N)c1C(=O)NCc1ccnn1C. The number of anilines is 1. The minimum Gasteiger partial charge on any atom is -0.395 e. The van der Waals surface area contributed by atoms with Gasteiger partial charge in [-0.3, -0.25) is 14.2 Å². The number of nitrogens with zero attached hydrogens (tertiary/aromatic N) is 4. The molecule has 7 heteroatoms. The molecule has 0 unspecified atom stereocenters. The smallest absolute Gasteiger partial charge is 0.272 e. The number of aromatic nitrogens is 4. The van der Waals surface area contributed by atoms with Gasteiger partial charge in [0.05, 0.1) is 23.6 Å². The van der Waals surface area contributed by atoms with Gasteiger partial charge in [0, 0.05) is 19.8 Å². The number of aryl methyl sites for hydroxylation is 3. The zero-order chi connectivity index (χ0) is 14.0. The molecule has 102 valence electrons. The third kappa shape index (κ3) is 2.44. The lowest BCUT2D eigenvalue weighted by Gasteiger charge is -2.07. The Morgan fingerprint density at radius 1 is 1.53 bits per heavy atom. The van der Waals surface area contributed by atoms with E-state index >= 15 is 0 Å². The van der Waals surface area contributed by atoms with E-state index in [-0.39, 0.29) is 5.91 Å². The van der Waals surface area contributed by atoms with E-state index in [1.807, 2.05) is 20.0 Å². The summed E-state index contributed by atoms with van der Waals surface area (Å²) >= 11 is 0. The Labute approximate surface area is 111 Å². The van der Waals surface area contributed by atoms with Gasteiger partial charge in [-0.2, -0.15) is 10.2 Å². The van der Waals surface area contributed by atoms with Crippen molar-refractivity contribution >= 4 is 11.6 Å². The number of amides is 1. The summed E-state index contributed by atoms with van der Waals surface area (Å²) < 4.78 is 3.33. The highest BCUT2D eigenvalue weighted by Crippen LogP contribution is 2.16. The van der Waals surface area contributed by atoms with Gasteiger partial charge < -0.3 is 11.1 Å². The van der Waals surface area contributed by atoms with Gasteiger partial charge in [-0.25, -0.2) is 0 Å². The molecule has 1 amide bonds. The second kappa shape index (κ2) is 5.13. The van der Waals surface area contributed by atoms with Gasteiger partial charge in [0.25, 0.3) is 5.91 Å². The zero-order valence-electron chi connectivity index (χ0n) is 11.3. The molecule has 0 saturated heterocycles. The third-order valence-corrected chi connectivity index (χ3v) is 3.04. The number of nitrogens with two attached hydrogens (primary N) is 1. The quantitative estimate of drug-likeness (QED) is 0.837. The van der Waals surface area contributed by atoms with Crippen LogP contribution in [0.15, 0.2) is 12.3 Å². The van der Waals surface area contributed by atoms with Crippen molar-refractivity contribution in [1.82, 2.24) is 24.9 Å². The maximum atomic E-state index is 12.2. The molecular weight excluding hydrogens is 244 g/mol. The Bertz CT molecular complexity index is 597. The molecule has 0 radical (unpaired) electrons. The van der Waals surface area contributed by atoms with Crippen LogP contribution in [-0.2, 0) is 20.1 Å². The molecule has 0 fully saturated rings. The summed E-state index contributed by atoms with van der Waals surface area (Å²) in [6.07, 6.45) is 1.69. The maximum Gasteiger partial charge on any atom is 0.272 e. The standard InChI is InChI=1S/C12H18N6O/c1-4-18-11(10(13)8(2)16-18)12(19)14-7-9-5-6-15-17(9)3/h5-6H,4,7,13H2,1-3H3,(H,14,19). The largest absolute Gasteiger partial charge is 0.395 e. The van der Waals surface area contributed by atoms with Crippen LogP contribution in [0.5, 0.6) is 0 Å². The Morgan fingerprint density at radius 2 is 2.26 bits per heavy atom. The fraction of sp³-hybridized carbons (Fsp3) is 0.417. The van der Waals surface area contributed by atoms with Gasteiger partial charge in [-0.1, -0.05) is 0 Å². The number of hydrogen-bond acceptors (Lipinski definition) is 4. The molecule has 0 aliphatic rings. The summed E-state index contributed by atoms with van der Waals surface area (Å²) in [5, 5.41) is 11.1. The Balaban J connectivity index is 2.14. The number of carbonyl (C=O) groups is 1. The fourth-order valence-electron chi connectivity index (χ4n) is 1.89. The second-order valence-corrected chi connectivity index (χ2v) is 4.29.